The standard InChI is InChI=1S/C14H13N2O4/c1-19-11-7-3-5-9-13(11)15(17)10-6-4-8-12(20-2)14(10)16(9)18/h3-8,17H,1-2H3/q+1. The molecule has 0 radical (unpaired) electrons. The van der Waals surface area contributed by atoms with E-state index in [9.17, 15) is 10.1 Å². The summed E-state index contributed by atoms with van der Waals surface area (Å²) in [6, 6.07) is 10.00. The van der Waals surface area contributed by atoms with Crippen LogP contribution in [0.3, 0.4) is 0 Å². The zero-order valence-corrected chi connectivity index (χ0v) is 11.0. The molecule has 2 aromatic carbocycles. The summed E-state index contributed by atoms with van der Waals surface area (Å²) >= 11 is 0. The van der Waals surface area contributed by atoms with Gasteiger partial charge in [0.25, 0.3) is 5.52 Å². The third kappa shape index (κ3) is 1.51. The molecule has 0 fully saturated rings. The van der Waals surface area contributed by atoms with E-state index in [4.69, 9.17) is 9.47 Å². The van der Waals surface area contributed by atoms with Gasteiger partial charge < -0.3 is 14.7 Å². The van der Waals surface area contributed by atoms with Gasteiger partial charge in [0.15, 0.2) is 22.5 Å². The van der Waals surface area contributed by atoms with Crippen LogP contribution in [0.5, 0.6) is 11.5 Å². The molecule has 0 spiro atoms. The van der Waals surface area contributed by atoms with Crippen LogP contribution in [-0.4, -0.2) is 24.2 Å². The van der Waals surface area contributed by atoms with Crippen molar-refractivity contribution in [2.75, 3.05) is 14.2 Å². The lowest BCUT2D eigenvalue weighted by atomic mass is 10.2. The largest absolute Gasteiger partial charge is 0.494 e. The lowest BCUT2D eigenvalue weighted by Gasteiger charge is -2.08. The van der Waals surface area contributed by atoms with E-state index in [2.05, 4.69) is 0 Å². The van der Waals surface area contributed by atoms with Crippen molar-refractivity contribution in [1.29, 1.82) is 0 Å². The summed E-state index contributed by atoms with van der Waals surface area (Å²) < 4.78 is 12.1. The summed E-state index contributed by atoms with van der Waals surface area (Å²) in [5, 5.41) is 10.4. The molecule has 0 saturated heterocycles. The smallest absolute Gasteiger partial charge is 0.332 e. The van der Waals surface area contributed by atoms with Crippen LogP contribution in [0.4, 0.5) is 0 Å². The van der Waals surface area contributed by atoms with Gasteiger partial charge in [0.2, 0.25) is 0 Å². The van der Waals surface area contributed by atoms with Crippen LogP contribution in [0, 0.1) is 4.91 Å². The number of rotatable bonds is 2. The van der Waals surface area contributed by atoms with E-state index in [1.54, 1.807) is 36.4 Å². The predicted molar refractivity (Wildman–Crippen MR) is 73.1 cm³/mol. The van der Waals surface area contributed by atoms with E-state index in [1.807, 2.05) is 0 Å². The van der Waals surface area contributed by atoms with Gasteiger partial charge in [-0.15, -0.1) is 0 Å². The van der Waals surface area contributed by atoms with Gasteiger partial charge in [0, 0.05) is 11.0 Å². The molecule has 0 aliphatic heterocycles. The zero-order chi connectivity index (χ0) is 14.3. The van der Waals surface area contributed by atoms with Crippen LogP contribution >= 0.6 is 0 Å². The quantitative estimate of drug-likeness (QED) is 0.440. The lowest BCUT2D eigenvalue weighted by molar-refractivity contribution is -0.433. The van der Waals surface area contributed by atoms with Gasteiger partial charge in [-0.25, -0.2) is 0 Å². The second kappa shape index (κ2) is 4.41. The molecule has 0 atom stereocenters. The number of aromatic nitrogens is 2. The van der Waals surface area contributed by atoms with Crippen LogP contribution in [0.1, 0.15) is 0 Å². The first-order valence-corrected chi connectivity index (χ1v) is 5.99. The Kier molecular flexibility index (Phi) is 2.71. The number of ether oxygens (including phenoxy) is 2. The van der Waals surface area contributed by atoms with Gasteiger partial charge in [0.1, 0.15) is 0 Å². The van der Waals surface area contributed by atoms with E-state index >= 15 is 0 Å². The minimum absolute atomic E-state index is 0.262. The fourth-order valence-corrected chi connectivity index (χ4v) is 2.34. The van der Waals surface area contributed by atoms with Crippen LogP contribution in [0.15, 0.2) is 36.4 Å². The molecule has 6 nitrogen and oxygen atoms in total. The van der Waals surface area contributed by atoms with Gasteiger partial charge in [-0.2, -0.15) is 4.73 Å². The molecule has 0 unspecified atom stereocenters. The van der Waals surface area contributed by atoms with Gasteiger partial charge in [-0.1, -0.05) is 12.1 Å². The predicted octanol–water partition coefficient (Wildman–Crippen LogP) is 1.96. The molecule has 1 N–H and O–H groups in total. The second-order valence-electron chi connectivity index (χ2n) is 4.26. The highest BCUT2D eigenvalue weighted by atomic mass is 16.5. The molecule has 1 aromatic heterocycles. The zero-order valence-electron chi connectivity index (χ0n) is 11.0. The maximum absolute atomic E-state index is 12.5. The minimum atomic E-state index is 0.262. The van der Waals surface area contributed by atoms with Crippen LogP contribution < -0.4 is 13.9 Å². The Morgan fingerprint density at radius 3 is 2.40 bits per heavy atom. The highest BCUT2D eigenvalue weighted by Crippen LogP contribution is 2.28. The Bertz CT molecular complexity index is 870. The topological polar surface area (TPSA) is 66.6 Å². The number of benzene rings is 2. The molecule has 3 aromatic rings. The average Bonchev–Trinajstić information content (AvgIpc) is 2.50. The number of hydrogen-bond acceptors (Lipinski definition) is 4. The summed E-state index contributed by atoms with van der Waals surface area (Å²) in [6.45, 7) is 0. The molecule has 0 amide bonds. The summed E-state index contributed by atoms with van der Waals surface area (Å²) in [7, 11) is 2.96. The molecule has 0 aliphatic carbocycles. The van der Waals surface area contributed by atoms with E-state index < -0.39 is 0 Å². The normalized spacial score (nSPS) is 10.9. The summed E-state index contributed by atoms with van der Waals surface area (Å²) in [5.74, 6) is 0.810. The van der Waals surface area contributed by atoms with Crippen LogP contribution in [0.2, 0.25) is 0 Å². The van der Waals surface area contributed by atoms with Gasteiger partial charge in [0.05, 0.1) is 18.6 Å². The monoisotopic (exact) mass is 273 g/mol. The first kappa shape index (κ1) is 12.3. The SMILES string of the molecule is COc1cccc2c1n(O)c1cccc(OC)c1[n+]2=O. The Labute approximate surface area is 114 Å². The first-order chi connectivity index (χ1) is 9.69. The van der Waals surface area contributed by atoms with E-state index in [1.165, 1.54) is 14.2 Å². The highest BCUT2D eigenvalue weighted by Gasteiger charge is 2.24. The molecular formula is C14H13N2O4+. The minimum Gasteiger partial charge on any atom is -0.494 e. The van der Waals surface area contributed by atoms with E-state index in [-0.39, 0.29) is 5.52 Å². The van der Waals surface area contributed by atoms with Crippen molar-refractivity contribution in [1.82, 2.24) is 4.73 Å². The molecule has 3 rings (SSSR count). The number of fused-ring (bicyclic) bond motifs is 2. The van der Waals surface area contributed by atoms with Crippen molar-refractivity contribution in [3.63, 3.8) is 0 Å². The van der Waals surface area contributed by atoms with Crippen molar-refractivity contribution in [2.24, 2.45) is 0 Å². The third-order valence-corrected chi connectivity index (χ3v) is 3.26. The average molecular weight is 273 g/mol. The Morgan fingerprint density at radius 2 is 1.70 bits per heavy atom. The molecule has 1 heterocycles. The number of methoxy groups -OCH3 is 2. The van der Waals surface area contributed by atoms with Gasteiger partial charge in [-0.3, -0.25) is 0 Å². The summed E-state index contributed by atoms with van der Waals surface area (Å²) in [4.78, 5) is 12.5. The highest BCUT2D eigenvalue weighted by molar-refractivity contribution is 5.88. The lowest BCUT2D eigenvalue weighted by Crippen LogP contribution is -2.21. The summed E-state index contributed by atoms with van der Waals surface area (Å²) in [5.41, 5.74) is 1.21. The van der Waals surface area contributed by atoms with Gasteiger partial charge >= 0.3 is 5.52 Å². The number of nitrogens with zero attached hydrogens (tertiary/aromatic N) is 2. The van der Waals surface area contributed by atoms with Crippen LogP contribution in [0.25, 0.3) is 22.1 Å². The van der Waals surface area contributed by atoms with Crippen LogP contribution in [-0.2, 0) is 0 Å². The fourth-order valence-electron chi connectivity index (χ4n) is 2.34. The number of hydrogen-bond donors (Lipinski definition) is 1. The third-order valence-electron chi connectivity index (χ3n) is 3.26. The van der Waals surface area contributed by atoms with E-state index in [0.717, 1.165) is 9.16 Å². The first-order valence-electron chi connectivity index (χ1n) is 5.99. The fraction of sp³-hybridized carbons (Fsp3) is 0.143. The van der Waals surface area contributed by atoms with Crippen molar-refractivity contribution < 1.29 is 19.1 Å². The Morgan fingerprint density at radius 1 is 1.05 bits per heavy atom. The van der Waals surface area contributed by atoms with Crippen molar-refractivity contribution >= 4 is 22.1 Å². The molecule has 0 saturated carbocycles. The summed E-state index contributed by atoms with van der Waals surface area (Å²) in [6.07, 6.45) is 0. The van der Waals surface area contributed by atoms with Crippen molar-refractivity contribution in [3.05, 3.63) is 41.3 Å². The maximum Gasteiger partial charge on any atom is 0.332 e. The Hall–Kier alpha value is -2.76. The number of para-hydroxylation sites is 2. The molecule has 0 aliphatic rings. The molecule has 102 valence electrons. The molecule has 20 heavy (non-hydrogen) atoms. The van der Waals surface area contributed by atoms with Gasteiger partial charge in [-0.05, 0) is 18.2 Å². The van der Waals surface area contributed by atoms with E-state index in [0.29, 0.717) is 28.0 Å². The van der Waals surface area contributed by atoms with Crippen molar-refractivity contribution in [2.45, 2.75) is 0 Å². The van der Waals surface area contributed by atoms with Crippen molar-refractivity contribution in [3.8, 4) is 11.5 Å². The Balaban J connectivity index is 2.65. The second-order valence-corrected chi connectivity index (χ2v) is 4.26. The molecular weight excluding hydrogens is 260 g/mol. The maximum atomic E-state index is 12.5. The molecule has 6 heteroatoms. The molecule has 0 bridgehead atoms.